The first-order chi connectivity index (χ1) is 8.16. The van der Waals surface area contributed by atoms with E-state index in [1.54, 1.807) is 0 Å². The maximum Gasteiger partial charge on any atom is 0.240 e. The van der Waals surface area contributed by atoms with Gasteiger partial charge in [0.2, 0.25) is 5.91 Å². The van der Waals surface area contributed by atoms with E-state index in [1.807, 2.05) is 4.90 Å². The summed E-state index contributed by atoms with van der Waals surface area (Å²) in [6.07, 6.45) is 4.68. The first-order valence-electron chi connectivity index (χ1n) is 6.80. The monoisotopic (exact) mass is 240 g/mol. The summed E-state index contributed by atoms with van der Waals surface area (Å²) in [6, 6.07) is 0.0265. The molecule has 0 aromatic rings. The Kier molecular flexibility index (Phi) is 4.40. The van der Waals surface area contributed by atoms with Crippen LogP contribution in [0.4, 0.5) is 0 Å². The van der Waals surface area contributed by atoms with Crippen molar-refractivity contribution in [2.45, 2.75) is 51.7 Å². The van der Waals surface area contributed by atoms with Crippen LogP contribution in [0.5, 0.6) is 0 Å². The predicted octanol–water partition coefficient (Wildman–Crippen LogP) is 1.36. The van der Waals surface area contributed by atoms with Crippen LogP contribution in [0.1, 0.15) is 39.5 Å². The molecule has 0 radical (unpaired) electrons. The fraction of sp³-hybridized carbons (Fsp3) is 0.923. The lowest BCUT2D eigenvalue weighted by Gasteiger charge is -2.27. The van der Waals surface area contributed by atoms with Gasteiger partial charge in [-0.1, -0.05) is 13.8 Å². The molecule has 0 aromatic heterocycles. The average molecular weight is 240 g/mol. The van der Waals surface area contributed by atoms with Crippen molar-refractivity contribution in [3.05, 3.63) is 0 Å². The van der Waals surface area contributed by atoms with E-state index in [1.165, 1.54) is 12.8 Å². The van der Waals surface area contributed by atoms with Gasteiger partial charge in [-0.2, -0.15) is 0 Å². The van der Waals surface area contributed by atoms with E-state index in [2.05, 4.69) is 19.2 Å². The largest absolute Gasteiger partial charge is 0.376 e. The molecule has 2 fully saturated rings. The van der Waals surface area contributed by atoms with E-state index in [9.17, 15) is 4.79 Å². The molecule has 2 atom stereocenters. The summed E-state index contributed by atoms with van der Waals surface area (Å²) in [5.74, 6) is 0.815. The number of hydrogen-bond donors (Lipinski definition) is 1. The lowest BCUT2D eigenvalue weighted by atomic mass is 10.0. The van der Waals surface area contributed by atoms with Crippen molar-refractivity contribution in [1.82, 2.24) is 10.2 Å². The van der Waals surface area contributed by atoms with Gasteiger partial charge in [-0.3, -0.25) is 10.1 Å². The number of ether oxygens (including phenoxy) is 1. The van der Waals surface area contributed by atoms with Gasteiger partial charge in [0.05, 0.1) is 18.8 Å². The number of hydrogen-bond acceptors (Lipinski definition) is 3. The van der Waals surface area contributed by atoms with Gasteiger partial charge in [0, 0.05) is 13.2 Å². The highest BCUT2D eigenvalue weighted by molar-refractivity contribution is 5.83. The SMILES string of the molecule is CC(C)CC1NCN(CC2CCCCO2)C1=O. The molecule has 0 spiro atoms. The molecule has 0 saturated carbocycles. The van der Waals surface area contributed by atoms with Crippen molar-refractivity contribution in [1.29, 1.82) is 0 Å². The molecule has 1 amide bonds. The van der Waals surface area contributed by atoms with Gasteiger partial charge in [0.1, 0.15) is 0 Å². The minimum Gasteiger partial charge on any atom is -0.376 e. The van der Waals surface area contributed by atoms with Crippen molar-refractivity contribution in [3.8, 4) is 0 Å². The van der Waals surface area contributed by atoms with Gasteiger partial charge in [0.25, 0.3) is 0 Å². The van der Waals surface area contributed by atoms with Crippen LogP contribution < -0.4 is 5.32 Å². The lowest BCUT2D eigenvalue weighted by Crippen LogP contribution is -2.38. The number of nitrogens with one attached hydrogen (secondary N) is 1. The normalized spacial score (nSPS) is 30.3. The van der Waals surface area contributed by atoms with Crippen LogP contribution in [0.3, 0.4) is 0 Å². The number of carbonyl (C=O) groups is 1. The fourth-order valence-corrected chi connectivity index (χ4v) is 2.61. The van der Waals surface area contributed by atoms with Crippen LogP contribution in [0.25, 0.3) is 0 Å². The second kappa shape index (κ2) is 5.83. The molecule has 2 heterocycles. The van der Waals surface area contributed by atoms with E-state index in [4.69, 9.17) is 4.74 Å². The third-order valence-electron chi connectivity index (χ3n) is 3.54. The van der Waals surface area contributed by atoms with Gasteiger partial charge >= 0.3 is 0 Å². The fourth-order valence-electron chi connectivity index (χ4n) is 2.61. The van der Waals surface area contributed by atoms with Crippen LogP contribution >= 0.6 is 0 Å². The zero-order chi connectivity index (χ0) is 12.3. The number of nitrogens with zero attached hydrogens (tertiary/aromatic N) is 1. The van der Waals surface area contributed by atoms with E-state index in [-0.39, 0.29) is 18.1 Å². The molecule has 0 aromatic carbocycles. The minimum absolute atomic E-state index is 0.0265. The highest BCUT2D eigenvalue weighted by atomic mass is 16.5. The predicted molar refractivity (Wildman–Crippen MR) is 66.5 cm³/mol. The van der Waals surface area contributed by atoms with Crippen LogP contribution in [0, 0.1) is 5.92 Å². The summed E-state index contributed by atoms with van der Waals surface area (Å²) in [5, 5.41) is 3.30. The lowest BCUT2D eigenvalue weighted by molar-refractivity contribution is -0.131. The highest BCUT2D eigenvalue weighted by Gasteiger charge is 2.32. The Morgan fingerprint density at radius 2 is 2.29 bits per heavy atom. The zero-order valence-corrected chi connectivity index (χ0v) is 10.9. The Morgan fingerprint density at radius 1 is 1.47 bits per heavy atom. The highest BCUT2D eigenvalue weighted by Crippen LogP contribution is 2.17. The Bertz CT molecular complexity index is 262. The van der Waals surface area contributed by atoms with Gasteiger partial charge in [-0.15, -0.1) is 0 Å². The van der Waals surface area contributed by atoms with Crippen molar-refractivity contribution in [3.63, 3.8) is 0 Å². The third-order valence-corrected chi connectivity index (χ3v) is 3.54. The molecule has 1 N–H and O–H groups in total. The summed E-state index contributed by atoms with van der Waals surface area (Å²) >= 11 is 0. The van der Waals surface area contributed by atoms with Crippen molar-refractivity contribution in [2.75, 3.05) is 19.8 Å². The van der Waals surface area contributed by atoms with Gasteiger partial charge in [-0.25, -0.2) is 0 Å². The molecule has 2 unspecified atom stereocenters. The van der Waals surface area contributed by atoms with Crippen molar-refractivity contribution >= 4 is 5.91 Å². The molecule has 98 valence electrons. The summed E-state index contributed by atoms with van der Waals surface area (Å²) in [5.41, 5.74) is 0. The Balaban J connectivity index is 1.80. The average Bonchev–Trinajstić information content (AvgIpc) is 2.62. The van der Waals surface area contributed by atoms with Crippen LogP contribution in [-0.2, 0) is 9.53 Å². The maximum atomic E-state index is 12.1. The molecule has 2 aliphatic rings. The van der Waals surface area contributed by atoms with Gasteiger partial charge in [0.15, 0.2) is 0 Å². The van der Waals surface area contributed by atoms with E-state index in [0.29, 0.717) is 12.6 Å². The number of amides is 1. The third kappa shape index (κ3) is 3.42. The molecule has 17 heavy (non-hydrogen) atoms. The second-order valence-electron chi connectivity index (χ2n) is 5.59. The van der Waals surface area contributed by atoms with Crippen molar-refractivity contribution in [2.24, 2.45) is 5.92 Å². The molecule has 0 bridgehead atoms. The number of carbonyl (C=O) groups excluding carboxylic acids is 1. The van der Waals surface area contributed by atoms with Gasteiger partial charge < -0.3 is 9.64 Å². The Hall–Kier alpha value is -0.610. The molecule has 2 rings (SSSR count). The standard InChI is InChI=1S/C13H24N2O2/c1-10(2)7-12-13(16)15(9-14-12)8-11-5-3-4-6-17-11/h10-12,14H,3-9H2,1-2H3. The molecule has 0 aliphatic carbocycles. The molecule has 4 heteroatoms. The summed E-state index contributed by atoms with van der Waals surface area (Å²) in [7, 11) is 0. The van der Waals surface area contributed by atoms with Crippen LogP contribution in [0.2, 0.25) is 0 Å². The van der Waals surface area contributed by atoms with Gasteiger partial charge in [-0.05, 0) is 31.6 Å². The molecule has 4 nitrogen and oxygen atoms in total. The smallest absolute Gasteiger partial charge is 0.240 e. The summed E-state index contributed by atoms with van der Waals surface area (Å²) < 4.78 is 5.68. The summed E-state index contributed by atoms with van der Waals surface area (Å²) in [4.78, 5) is 14.0. The first-order valence-corrected chi connectivity index (χ1v) is 6.80. The van der Waals surface area contributed by atoms with E-state index in [0.717, 1.165) is 26.0 Å². The summed E-state index contributed by atoms with van der Waals surface area (Å²) in [6.45, 7) is 6.62. The first kappa shape index (κ1) is 12.8. The number of rotatable bonds is 4. The maximum absolute atomic E-state index is 12.1. The van der Waals surface area contributed by atoms with Crippen LogP contribution in [0.15, 0.2) is 0 Å². The molecule has 2 aliphatic heterocycles. The van der Waals surface area contributed by atoms with E-state index < -0.39 is 0 Å². The minimum atomic E-state index is 0.0265. The molecular weight excluding hydrogens is 216 g/mol. The van der Waals surface area contributed by atoms with Crippen LogP contribution in [-0.4, -0.2) is 42.8 Å². The second-order valence-corrected chi connectivity index (χ2v) is 5.59. The quantitative estimate of drug-likeness (QED) is 0.806. The molecular formula is C13H24N2O2. The molecule has 2 saturated heterocycles. The topological polar surface area (TPSA) is 41.6 Å². The Morgan fingerprint density at radius 3 is 2.94 bits per heavy atom. The van der Waals surface area contributed by atoms with E-state index >= 15 is 0 Å². The zero-order valence-electron chi connectivity index (χ0n) is 10.9. The Labute approximate surface area is 104 Å². The van der Waals surface area contributed by atoms with Crippen molar-refractivity contribution < 1.29 is 9.53 Å².